The molecule has 2 aromatic heterocycles. The van der Waals surface area contributed by atoms with Crippen molar-refractivity contribution in [3.63, 3.8) is 0 Å². The first-order valence-electron chi connectivity index (χ1n) is 8.09. The van der Waals surface area contributed by atoms with E-state index in [1.54, 1.807) is 7.11 Å². The SMILES string of the molecule is COCCc1nc2c(N)nc(C)c(C)c2n1NC1CCOCC1. The highest BCUT2D eigenvalue weighted by Crippen LogP contribution is 2.26. The van der Waals surface area contributed by atoms with E-state index in [9.17, 15) is 0 Å². The molecule has 1 aliphatic heterocycles. The quantitative estimate of drug-likeness (QED) is 0.869. The fourth-order valence-electron chi connectivity index (χ4n) is 2.99. The lowest BCUT2D eigenvalue weighted by Crippen LogP contribution is -2.34. The van der Waals surface area contributed by atoms with Crippen LogP contribution in [0.25, 0.3) is 11.0 Å². The molecule has 0 spiro atoms. The Morgan fingerprint density at radius 1 is 1.30 bits per heavy atom. The molecule has 0 aliphatic carbocycles. The van der Waals surface area contributed by atoms with Crippen LogP contribution in [-0.4, -0.2) is 47.6 Å². The number of nitrogens with zero attached hydrogens (tertiary/aromatic N) is 3. The lowest BCUT2D eigenvalue weighted by Gasteiger charge is -2.26. The van der Waals surface area contributed by atoms with Crippen LogP contribution in [0.5, 0.6) is 0 Å². The lowest BCUT2D eigenvalue weighted by molar-refractivity contribution is 0.0880. The second-order valence-electron chi connectivity index (χ2n) is 6.03. The van der Waals surface area contributed by atoms with Crippen molar-refractivity contribution in [2.75, 3.05) is 38.1 Å². The first-order valence-corrected chi connectivity index (χ1v) is 8.09. The maximum atomic E-state index is 6.10. The van der Waals surface area contributed by atoms with E-state index in [2.05, 4.69) is 22.0 Å². The molecule has 1 aliphatic rings. The minimum absolute atomic E-state index is 0.372. The van der Waals surface area contributed by atoms with Crippen LogP contribution in [0.2, 0.25) is 0 Å². The summed E-state index contributed by atoms with van der Waals surface area (Å²) in [5.41, 5.74) is 13.5. The van der Waals surface area contributed by atoms with Crippen molar-refractivity contribution in [3.05, 3.63) is 17.1 Å². The Morgan fingerprint density at radius 3 is 2.74 bits per heavy atom. The van der Waals surface area contributed by atoms with Gasteiger partial charge in [0.2, 0.25) is 0 Å². The number of methoxy groups -OCH3 is 1. The van der Waals surface area contributed by atoms with E-state index >= 15 is 0 Å². The Labute approximate surface area is 136 Å². The van der Waals surface area contributed by atoms with Gasteiger partial charge in [-0.05, 0) is 32.3 Å². The number of imidazole rings is 1. The summed E-state index contributed by atoms with van der Waals surface area (Å²) in [6.45, 7) is 6.24. The van der Waals surface area contributed by atoms with Crippen LogP contribution in [0.4, 0.5) is 5.82 Å². The zero-order valence-electron chi connectivity index (χ0n) is 14.1. The number of fused-ring (bicyclic) bond motifs is 1. The molecule has 7 heteroatoms. The van der Waals surface area contributed by atoms with E-state index in [-0.39, 0.29) is 0 Å². The first-order chi connectivity index (χ1) is 11.1. The molecule has 0 bridgehead atoms. The highest BCUT2D eigenvalue weighted by atomic mass is 16.5. The topological polar surface area (TPSA) is 87.2 Å². The Kier molecular flexibility index (Phi) is 4.68. The van der Waals surface area contributed by atoms with Crippen LogP contribution in [-0.2, 0) is 15.9 Å². The number of aromatic nitrogens is 3. The average molecular weight is 319 g/mol. The van der Waals surface area contributed by atoms with Crippen molar-refractivity contribution in [2.24, 2.45) is 0 Å². The van der Waals surface area contributed by atoms with Crippen molar-refractivity contribution in [1.82, 2.24) is 14.6 Å². The number of nitrogens with one attached hydrogen (secondary N) is 1. The first kappa shape index (κ1) is 16.0. The number of anilines is 1. The third-order valence-corrected chi connectivity index (χ3v) is 4.44. The summed E-state index contributed by atoms with van der Waals surface area (Å²) in [7, 11) is 1.70. The highest BCUT2D eigenvalue weighted by molar-refractivity contribution is 5.88. The molecule has 126 valence electrons. The van der Waals surface area contributed by atoms with Gasteiger partial charge in [-0.3, -0.25) is 0 Å². The summed E-state index contributed by atoms with van der Waals surface area (Å²) < 4.78 is 12.8. The molecular formula is C16H25N5O2. The van der Waals surface area contributed by atoms with Crippen molar-refractivity contribution >= 4 is 16.9 Å². The minimum Gasteiger partial charge on any atom is -0.384 e. The normalized spacial score (nSPS) is 16.1. The Bertz CT molecular complexity index is 692. The molecule has 3 heterocycles. The van der Waals surface area contributed by atoms with E-state index in [1.165, 1.54) is 0 Å². The van der Waals surface area contributed by atoms with Crippen LogP contribution in [0.15, 0.2) is 0 Å². The second-order valence-corrected chi connectivity index (χ2v) is 6.03. The zero-order chi connectivity index (χ0) is 16.4. The summed E-state index contributed by atoms with van der Waals surface area (Å²) in [6.07, 6.45) is 2.70. The van der Waals surface area contributed by atoms with Crippen LogP contribution in [0.3, 0.4) is 0 Å². The smallest absolute Gasteiger partial charge is 0.151 e. The van der Waals surface area contributed by atoms with Gasteiger partial charge in [-0.2, -0.15) is 0 Å². The maximum absolute atomic E-state index is 6.10. The number of ether oxygens (including phenoxy) is 2. The molecule has 1 fully saturated rings. The van der Waals surface area contributed by atoms with E-state index in [0.717, 1.165) is 60.6 Å². The summed E-state index contributed by atoms with van der Waals surface area (Å²) in [5, 5.41) is 0. The minimum atomic E-state index is 0.372. The van der Waals surface area contributed by atoms with Crippen molar-refractivity contribution < 1.29 is 9.47 Å². The standard InChI is InChI=1S/C16H25N5O2/c1-10-11(2)18-16(17)14-15(10)21(13(19-14)6-7-22-3)20-12-4-8-23-9-5-12/h12,20H,4-9H2,1-3H3,(H2,17,18). The van der Waals surface area contributed by atoms with Gasteiger partial charge in [0.05, 0.1) is 12.1 Å². The molecule has 0 unspecified atom stereocenters. The van der Waals surface area contributed by atoms with Gasteiger partial charge in [-0.1, -0.05) is 0 Å². The third-order valence-electron chi connectivity index (χ3n) is 4.44. The van der Waals surface area contributed by atoms with Gasteiger partial charge in [-0.15, -0.1) is 0 Å². The molecule has 0 aromatic carbocycles. The fourth-order valence-corrected chi connectivity index (χ4v) is 2.99. The van der Waals surface area contributed by atoms with Gasteiger partial charge in [0, 0.05) is 38.5 Å². The van der Waals surface area contributed by atoms with Gasteiger partial charge in [0.25, 0.3) is 0 Å². The number of aryl methyl sites for hydroxylation is 2. The Balaban J connectivity index is 2.06. The van der Waals surface area contributed by atoms with Crippen LogP contribution in [0, 0.1) is 13.8 Å². The molecule has 0 radical (unpaired) electrons. The largest absolute Gasteiger partial charge is 0.384 e. The van der Waals surface area contributed by atoms with Gasteiger partial charge < -0.3 is 20.6 Å². The number of nitrogens with two attached hydrogens (primary N) is 1. The van der Waals surface area contributed by atoms with Crippen molar-refractivity contribution in [2.45, 2.75) is 39.2 Å². The van der Waals surface area contributed by atoms with Gasteiger partial charge in [0.15, 0.2) is 5.82 Å². The summed E-state index contributed by atoms with van der Waals surface area (Å²) in [5.74, 6) is 1.41. The van der Waals surface area contributed by atoms with Gasteiger partial charge >= 0.3 is 0 Å². The number of hydrogen-bond donors (Lipinski definition) is 2. The van der Waals surface area contributed by atoms with Crippen molar-refractivity contribution in [3.8, 4) is 0 Å². The van der Waals surface area contributed by atoms with E-state index < -0.39 is 0 Å². The van der Waals surface area contributed by atoms with E-state index in [0.29, 0.717) is 18.5 Å². The molecule has 3 N–H and O–H groups in total. The monoisotopic (exact) mass is 319 g/mol. The molecule has 0 amide bonds. The molecule has 0 saturated carbocycles. The van der Waals surface area contributed by atoms with Crippen LogP contribution in [0.1, 0.15) is 29.9 Å². The van der Waals surface area contributed by atoms with Gasteiger partial charge in [-0.25, -0.2) is 14.6 Å². The third kappa shape index (κ3) is 3.11. The Hall–Kier alpha value is -1.86. The molecule has 2 aromatic rings. The predicted octanol–water partition coefficient (Wildman–Crippen LogP) is 1.54. The highest BCUT2D eigenvalue weighted by Gasteiger charge is 2.21. The number of pyridine rings is 1. The number of nitrogen functional groups attached to an aromatic ring is 1. The molecular weight excluding hydrogens is 294 g/mol. The Morgan fingerprint density at radius 2 is 2.04 bits per heavy atom. The molecule has 3 rings (SSSR count). The number of hydrogen-bond acceptors (Lipinski definition) is 6. The van der Waals surface area contributed by atoms with Crippen LogP contribution < -0.4 is 11.2 Å². The van der Waals surface area contributed by atoms with Crippen LogP contribution >= 0.6 is 0 Å². The molecule has 0 atom stereocenters. The summed E-state index contributed by atoms with van der Waals surface area (Å²) in [4.78, 5) is 9.12. The average Bonchev–Trinajstić information content (AvgIpc) is 2.91. The molecule has 7 nitrogen and oxygen atoms in total. The molecule has 23 heavy (non-hydrogen) atoms. The fraction of sp³-hybridized carbons (Fsp3) is 0.625. The molecule has 1 saturated heterocycles. The van der Waals surface area contributed by atoms with E-state index in [4.69, 9.17) is 20.2 Å². The summed E-state index contributed by atoms with van der Waals surface area (Å²) in [6, 6.07) is 0.372. The number of rotatable bonds is 5. The van der Waals surface area contributed by atoms with Gasteiger partial charge in [0.1, 0.15) is 11.3 Å². The predicted molar refractivity (Wildman–Crippen MR) is 90.2 cm³/mol. The summed E-state index contributed by atoms with van der Waals surface area (Å²) >= 11 is 0. The second kappa shape index (κ2) is 6.72. The lowest BCUT2D eigenvalue weighted by atomic mass is 10.1. The zero-order valence-corrected chi connectivity index (χ0v) is 14.1. The van der Waals surface area contributed by atoms with Crippen molar-refractivity contribution in [1.29, 1.82) is 0 Å². The van der Waals surface area contributed by atoms with E-state index in [1.807, 2.05) is 6.92 Å². The maximum Gasteiger partial charge on any atom is 0.151 e.